The normalized spacial score (nSPS) is 12.5. The lowest BCUT2D eigenvalue weighted by Gasteiger charge is -2.21. The molecule has 6 aromatic carbocycles. The van der Waals surface area contributed by atoms with E-state index in [2.05, 4.69) is 122 Å². The van der Waals surface area contributed by atoms with Gasteiger partial charge >= 0.3 is 37.4 Å². The number of alkyl carbamates (subject to hydrolysis) is 1. The average molecular weight is 1940 g/mol. The number of hydrogen-bond donors (Lipinski definition) is 8. The van der Waals surface area contributed by atoms with Gasteiger partial charge in [0.25, 0.3) is 5.91 Å². The number of carboxylic acid groups (broad SMARTS) is 1. The summed E-state index contributed by atoms with van der Waals surface area (Å²) in [6.45, 7) is 33.0. The molecule has 0 unspecified atom stereocenters. The Kier molecular flexibility index (Phi) is 35.6. The second-order valence-corrected chi connectivity index (χ2v) is 37.6. The first-order chi connectivity index (χ1) is 62.9. The Morgan fingerprint density at radius 1 is 0.553 bits per heavy atom. The number of nitrogens with one attached hydrogen (secondary N) is 5. The highest BCUT2D eigenvalue weighted by atomic mass is 79.9. The maximum Gasteiger partial charge on any atom is 1.00 e. The van der Waals surface area contributed by atoms with Crippen LogP contribution in [0.2, 0.25) is 5.02 Å². The predicted molar refractivity (Wildman–Crippen MR) is 546 cm³/mol. The van der Waals surface area contributed by atoms with E-state index in [1.807, 2.05) is 217 Å². The molecule has 132 heavy (non-hydrogen) atoms. The zero-order chi connectivity index (χ0) is 96.1. The lowest BCUT2D eigenvalue weighted by Crippen LogP contribution is -2.41. The number of esters is 4. The molecule has 11 heterocycles. The second-order valence-electron chi connectivity index (χ2n) is 32.2. The van der Waals surface area contributed by atoms with Gasteiger partial charge in [0.1, 0.15) is 25.1 Å². The number of nitrogens with zero attached hydrogens (tertiary/aromatic N) is 6. The number of thiophene rings is 4. The maximum absolute atomic E-state index is 12.3. The summed E-state index contributed by atoms with van der Waals surface area (Å²) in [5, 5.41) is 35.2. The number of carbonyl (C=O) groups excluding carboxylic acids is 6. The zero-order valence-electron chi connectivity index (χ0n) is 77.7. The van der Waals surface area contributed by atoms with Crippen LogP contribution in [0.25, 0.3) is 112 Å². The van der Waals surface area contributed by atoms with Crippen molar-refractivity contribution in [2.45, 2.75) is 121 Å². The number of nitrogens with two attached hydrogens (primary N) is 2. The number of carbonyl (C=O) groups is 7. The Morgan fingerprint density at radius 3 is 1.36 bits per heavy atom. The van der Waals surface area contributed by atoms with Gasteiger partial charge in [0, 0.05) is 168 Å². The molecule has 10 N–H and O–H groups in total. The fourth-order valence-corrected chi connectivity index (χ4v) is 18.9. The molecule has 0 fully saturated rings. The summed E-state index contributed by atoms with van der Waals surface area (Å²) in [7, 11) is 5.48. The van der Waals surface area contributed by atoms with Crippen LogP contribution >= 0.6 is 72.9 Å². The number of benzene rings is 6. The highest BCUT2D eigenvalue weighted by molar-refractivity contribution is 9.10. The second kappa shape index (κ2) is 46.4. The van der Waals surface area contributed by atoms with Gasteiger partial charge in [-0.25, -0.2) is 28.8 Å². The summed E-state index contributed by atoms with van der Waals surface area (Å²) in [4.78, 5) is 109. The minimum Gasteiger partial charge on any atom is -0.478 e. The molecule has 17 rings (SSSR count). The third-order valence-electron chi connectivity index (χ3n) is 19.8. The number of halogens is 2. The molecule has 32 heteroatoms. The molecule has 0 aliphatic carbocycles. The van der Waals surface area contributed by atoms with E-state index in [4.69, 9.17) is 47.1 Å². The first-order valence-corrected chi connectivity index (χ1v) is 46.5. The van der Waals surface area contributed by atoms with Crippen molar-refractivity contribution >= 4 is 244 Å². The summed E-state index contributed by atoms with van der Waals surface area (Å²) in [6, 6.07) is 51.9. The molecule has 16 aromatic rings. The number of rotatable bonds is 14. The summed E-state index contributed by atoms with van der Waals surface area (Å²) in [6.07, 6.45) is 3.41. The Labute approximate surface area is 796 Å². The minimum atomic E-state index is -0.947. The van der Waals surface area contributed by atoms with Crippen LogP contribution in [0.5, 0.6) is 0 Å². The monoisotopic (exact) mass is 1940 g/mol. The van der Waals surface area contributed by atoms with E-state index in [-0.39, 0.29) is 37.4 Å². The Morgan fingerprint density at radius 2 is 0.947 bits per heavy atom. The third-order valence-corrected chi connectivity index (χ3v) is 25.5. The van der Waals surface area contributed by atoms with Gasteiger partial charge < -0.3 is 66.8 Å². The number of aryl methyl sites for hydroxylation is 6. The Bertz CT molecular complexity index is 6870. The van der Waals surface area contributed by atoms with Gasteiger partial charge in [-0.15, -0.1) is 45.3 Å². The molecule has 688 valence electrons. The van der Waals surface area contributed by atoms with Crippen molar-refractivity contribution in [3.8, 4) is 0 Å². The lowest BCUT2D eigenvalue weighted by atomic mass is 10.1. The van der Waals surface area contributed by atoms with Gasteiger partial charge in [-0.05, 0) is 210 Å². The van der Waals surface area contributed by atoms with Crippen molar-refractivity contribution in [1.82, 2.24) is 40.5 Å². The lowest BCUT2D eigenvalue weighted by molar-refractivity contribution is -0.135. The summed E-state index contributed by atoms with van der Waals surface area (Å²) >= 11 is 15.6. The number of ether oxygens (including phenoxy) is 5. The molecule has 0 spiro atoms. The molecule has 10 aromatic heterocycles. The Hall–Kier alpha value is -12.7. The van der Waals surface area contributed by atoms with Crippen molar-refractivity contribution in [1.29, 1.82) is 0 Å². The number of methoxy groups -OCH3 is 4. The molecule has 2 amide bonds. The van der Waals surface area contributed by atoms with Gasteiger partial charge in [-0.2, -0.15) is 0 Å². The number of aromatic nitrogens is 6. The molecule has 1 aliphatic heterocycles. The van der Waals surface area contributed by atoms with Crippen LogP contribution in [0.4, 0.5) is 21.9 Å². The minimum absolute atomic E-state index is 0. The van der Waals surface area contributed by atoms with Crippen molar-refractivity contribution < 1.29 is 63.8 Å². The van der Waals surface area contributed by atoms with Crippen molar-refractivity contribution in [2.75, 3.05) is 70.6 Å². The summed E-state index contributed by atoms with van der Waals surface area (Å²) in [5.74, 6) is -1.90. The topological polar surface area (TPSA) is 375 Å². The quantitative estimate of drug-likeness (QED) is 0.0285. The molecule has 1 aliphatic rings. The zero-order valence-corrected chi connectivity index (χ0v) is 82.3. The van der Waals surface area contributed by atoms with Crippen LogP contribution in [0.1, 0.15) is 135 Å². The van der Waals surface area contributed by atoms with E-state index in [0.717, 1.165) is 192 Å². The van der Waals surface area contributed by atoms with Crippen LogP contribution < -0.4 is 38.1 Å². The standard InChI is InChI=1S/C18H20N2O2S.C17H19N3O2S.C16H15N3OS.C14H10ClNO2S.C13H11NO2.C10H8BrN.C8H18N2O2.C4H6O2/c1-10(2)9-19-16-15-12-6-5-11(3)20-13(12)7-8-14(15)23-17(16)18(21)22-4;1-9(18)8-19-15-14-11-5-4-10(2)20-12(11)6-7-13(14)23-16(15)17(21)22-3;1-8-3-4-10-11(18-8)5-6-12-13(10)14-15(21-12)16(20)19-9(2)7-17-14;1-7-3-4-8-9(16-7)5-6-10-11(8)12(15)13(19-10)14(17)18-2;1-9-5-7-11-10(6-8-13(15)16)3-2-4-12(11)14-9;1-7-5-6-8-9(11)3-2-4-10(8)12-7;1-6(5-9)10-7(11)12-8(2,3)4;1-3-4(5)6-2/h5-8,10,19H,9H2,1-4H3;4-7,9,19H,8,18H2,1-3H3;3-6,9,17H,7H2,1-2H3,(H,19,20);3-6H,1-2H3;2-8H,1H3,(H,15,16);2-6H,1H3;6H,5,9H2,1-4H3,(H,10,11);3H,1H2,2H3/p+1/b;;;;8-6+;;;/t;2*9-;;;;6-;/m.11...0./s1. The van der Waals surface area contributed by atoms with E-state index < -0.39 is 29.6 Å². The van der Waals surface area contributed by atoms with Crippen LogP contribution in [-0.4, -0.2) is 155 Å². The van der Waals surface area contributed by atoms with Gasteiger partial charge in [0.15, 0.2) is 0 Å². The van der Waals surface area contributed by atoms with Crippen molar-refractivity contribution in [3.63, 3.8) is 0 Å². The first-order valence-electron chi connectivity index (χ1n) is 42.1. The van der Waals surface area contributed by atoms with E-state index in [1.165, 1.54) is 79.2 Å². The highest BCUT2D eigenvalue weighted by Gasteiger charge is 2.28. The molecule has 0 bridgehead atoms. The Balaban J connectivity index is 0.000000174. The fourth-order valence-electron chi connectivity index (χ4n) is 13.6. The molecule has 3 atom stereocenters. The van der Waals surface area contributed by atoms with Crippen LogP contribution in [0.3, 0.4) is 0 Å². The third kappa shape index (κ3) is 26.1. The summed E-state index contributed by atoms with van der Waals surface area (Å²) in [5.41, 5.74) is 25.7. The van der Waals surface area contributed by atoms with Crippen LogP contribution in [0.15, 0.2) is 181 Å². The molecular formula is C100H108BrClN13O13S4+. The van der Waals surface area contributed by atoms with E-state index in [1.54, 1.807) is 6.08 Å². The number of carboxylic acids is 1. The van der Waals surface area contributed by atoms with Gasteiger partial charge in [0.05, 0.1) is 83.6 Å². The molecular weight excluding hydrogens is 1830 g/mol. The predicted octanol–water partition coefficient (Wildman–Crippen LogP) is 22.7. The molecule has 0 saturated heterocycles. The average Bonchev–Trinajstić information content (AvgIpc) is 1.64. The first kappa shape index (κ1) is 101. The molecule has 26 nitrogen and oxygen atoms in total. The number of hydrogen-bond acceptors (Lipinski definition) is 27. The summed E-state index contributed by atoms with van der Waals surface area (Å²) < 4.78 is 29.1. The maximum atomic E-state index is 12.3. The number of amides is 2. The van der Waals surface area contributed by atoms with E-state index in [0.29, 0.717) is 38.7 Å². The van der Waals surface area contributed by atoms with Crippen molar-refractivity contribution in [3.05, 3.63) is 245 Å². The highest BCUT2D eigenvalue weighted by Crippen LogP contribution is 2.45. The molecule has 0 radical (unpaired) electrons. The van der Waals surface area contributed by atoms with Crippen LogP contribution in [-0.2, 0) is 33.3 Å². The van der Waals surface area contributed by atoms with Gasteiger partial charge in [0.2, 0.25) is 0 Å². The molecule has 0 saturated carbocycles. The number of anilines is 3. The van der Waals surface area contributed by atoms with E-state index in [9.17, 15) is 33.6 Å². The van der Waals surface area contributed by atoms with Crippen LogP contribution in [0, 0.1) is 47.5 Å². The van der Waals surface area contributed by atoms with Gasteiger partial charge in [-0.1, -0.05) is 96.5 Å². The number of aliphatic carboxylic acids is 1. The smallest absolute Gasteiger partial charge is 0.478 e. The van der Waals surface area contributed by atoms with Crippen molar-refractivity contribution in [2.24, 2.45) is 17.4 Å². The van der Waals surface area contributed by atoms with Gasteiger partial charge in [-0.3, -0.25) is 34.7 Å². The van der Waals surface area contributed by atoms with E-state index >= 15 is 0 Å². The fraction of sp³-hybridized carbons (Fsp3) is 0.270. The number of fused-ring (bicyclic) bond motifs is 16. The largest absolute Gasteiger partial charge is 1.00 e. The SMILES string of the molecule is C=CC(=O)OC.COC(=O)c1sc2ccc3nc(C)ccc3c2c1Cl.COC(=O)c1sc2ccc3nc(C)ccc3c2c1NCC(C)C.COC(=O)c1sc2ccc3nc(C)ccc3c2c1NC[C@@H](C)N.C[C@@H](CN)NC(=O)OC(C)(C)C.Cc1ccc2c(/C=C/C(=O)O)cccc2n1.Cc1ccc2c(Br)cccc2n1.Cc1ccc2c(ccc3sc4c(c32)NC[C@@H](C)NC4=O)n1.[H+]. The number of pyridine rings is 6.